The van der Waals surface area contributed by atoms with E-state index < -0.39 is 11.8 Å². The average Bonchev–Trinajstić information content (AvgIpc) is 1.64. The van der Waals surface area contributed by atoms with Gasteiger partial charge in [-0.25, -0.2) is 0 Å². The second-order valence-electron chi connectivity index (χ2n) is 2.16. The molecule has 0 saturated heterocycles. The maximum absolute atomic E-state index is 10.5. The molecule has 0 aliphatic rings. The summed E-state index contributed by atoms with van der Waals surface area (Å²) >= 11 is 1.68. The van der Waals surface area contributed by atoms with Crippen molar-refractivity contribution < 1.29 is 7.86 Å². The summed E-state index contributed by atoms with van der Waals surface area (Å²) in [5.74, 6) is 0.152. The summed E-state index contributed by atoms with van der Waals surface area (Å²) in [5, 5.41) is 0. The van der Waals surface area contributed by atoms with Gasteiger partial charge >= 0.3 is 0 Å². The molecule has 0 aromatic rings. The molecule has 9 heavy (non-hydrogen) atoms. The van der Waals surface area contributed by atoms with Crippen LogP contribution in [0.1, 0.15) is 13.8 Å². The largest absolute Gasteiger partial charge is 0.310 e. The summed E-state index contributed by atoms with van der Waals surface area (Å²) < 4.78 is 4.77. The van der Waals surface area contributed by atoms with E-state index in [1.54, 1.807) is 23.0 Å². The van der Waals surface area contributed by atoms with Gasteiger partial charge < -0.3 is 7.86 Å². The third kappa shape index (κ3) is 3.20. The van der Waals surface area contributed by atoms with Gasteiger partial charge in [0, 0.05) is 0 Å². The zero-order valence-corrected chi connectivity index (χ0v) is 7.58. The third-order valence-electron chi connectivity index (χ3n) is 0.982. The molecular weight excluding hydrogens is 230 g/mol. The smallest absolute Gasteiger partial charge is 0.171 e. The second kappa shape index (κ2) is 4.27. The van der Waals surface area contributed by atoms with Crippen LogP contribution < -0.4 is 0 Å². The van der Waals surface area contributed by atoms with E-state index in [1.165, 1.54) is 0 Å². The minimum absolute atomic E-state index is 0.152. The first-order valence-corrected chi connectivity index (χ1v) is 3.54. The van der Waals surface area contributed by atoms with Gasteiger partial charge in [-0.15, -0.1) is 0 Å². The number of rotatable bonds is 3. The van der Waals surface area contributed by atoms with Crippen LogP contribution in [-0.4, -0.2) is 19.6 Å². The van der Waals surface area contributed by atoms with Crippen molar-refractivity contribution in [3.8, 4) is 0 Å². The van der Waals surface area contributed by atoms with Crippen molar-refractivity contribution in [2.45, 2.75) is 20.0 Å². The molecule has 50 valence electrons. The van der Waals surface area contributed by atoms with Crippen LogP contribution in [0.3, 0.4) is 0 Å². The molecular formula is C5H8BIO2. The Morgan fingerprint density at radius 3 is 2.11 bits per heavy atom. The van der Waals surface area contributed by atoms with Crippen molar-refractivity contribution in [1.29, 1.82) is 0 Å². The Balaban J connectivity index is 3.83. The normalized spacial score (nSPS) is 13.8. The molecule has 0 aromatic heterocycles. The Kier molecular flexibility index (Phi) is 4.48. The highest BCUT2D eigenvalue weighted by atomic mass is 127. The van der Waals surface area contributed by atoms with Gasteiger partial charge in [0.15, 0.2) is 7.85 Å². The SMILES string of the molecule is [B]C(=O)C(OI)C(C)C. The summed E-state index contributed by atoms with van der Waals surface area (Å²) in [4.78, 5) is 10.5. The van der Waals surface area contributed by atoms with E-state index in [9.17, 15) is 4.79 Å². The Labute approximate surface area is 70.4 Å². The topological polar surface area (TPSA) is 26.3 Å². The molecule has 0 aromatic carbocycles. The molecule has 0 bridgehead atoms. The number of carbonyl (C=O) groups excluding carboxylic acids is 1. The van der Waals surface area contributed by atoms with Crippen LogP contribution in [0.25, 0.3) is 0 Å². The van der Waals surface area contributed by atoms with E-state index in [1.807, 2.05) is 13.8 Å². The van der Waals surface area contributed by atoms with Crippen LogP contribution in [0, 0.1) is 5.92 Å². The second-order valence-corrected chi connectivity index (χ2v) is 2.66. The fraction of sp³-hybridized carbons (Fsp3) is 0.800. The summed E-state index contributed by atoms with van der Waals surface area (Å²) in [7, 11) is 4.98. The monoisotopic (exact) mass is 238 g/mol. The predicted molar refractivity (Wildman–Crippen MR) is 44.5 cm³/mol. The first kappa shape index (κ1) is 9.42. The van der Waals surface area contributed by atoms with Crippen molar-refractivity contribution in [2.24, 2.45) is 5.92 Å². The van der Waals surface area contributed by atoms with E-state index in [4.69, 9.17) is 10.9 Å². The number of hydrogen-bond acceptors (Lipinski definition) is 2. The molecule has 0 N–H and O–H groups in total. The maximum Gasteiger partial charge on any atom is 0.171 e. The van der Waals surface area contributed by atoms with Crippen LogP contribution in [0.15, 0.2) is 0 Å². The first-order chi connectivity index (χ1) is 4.09. The van der Waals surface area contributed by atoms with Crippen molar-refractivity contribution in [2.75, 3.05) is 0 Å². The van der Waals surface area contributed by atoms with E-state index in [0.29, 0.717) is 0 Å². The summed E-state index contributed by atoms with van der Waals surface area (Å²) in [6, 6.07) is 0. The summed E-state index contributed by atoms with van der Waals surface area (Å²) in [6.45, 7) is 3.77. The number of carbonyl (C=O) groups is 1. The van der Waals surface area contributed by atoms with Gasteiger partial charge in [0.2, 0.25) is 0 Å². The quantitative estimate of drug-likeness (QED) is 0.542. The zero-order chi connectivity index (χ0) is 7.44. The van der Waals surface area contributed by atoms with Gasteiger partial charge in [-0.05, 0) is 5.92 Å². The summed E-state index contributed by atoms with van der Waals surface area (Å²) in [6.07, 6.45) is -0.453. The van der Waals surface area contributed by atoms with Crippen LogP contribution in [-0.2, 0) is 7.86 Å². The summed E-state index contributed by atoms with van der Waals surface area (Å²) in [5.41, 5.74) is -0.403. The van der Waals surface area contributed by atoms with Gasteiger partial charge in [-0.1, -0.05) is 13.8 Å². The standard InChI is InChI=1S/C5H8BIO2/c1-3(2)4(9-7)5(6)8/h3-4H,1-2H3. The lowest BCUT2D eigenvalue weighted by atomic mass is 9.90. The lowest BCUT2D eigenvalue weighted by Crippen LogP contribution is -2.26. The minimum Gasteiger partial charge on any atom is -0.310 e. The predicted octanol–water partition coefficient (Wildman–Crippen LogP) is 1.07. The Morgan fingerprint density at radius 1 is 1.67 bits per heavy atom. The molecule has 0 spiro atoms. The minimum atomic E-state index is -0.453. The van der Waals surface area contributed by atoms with Crippen LogP contribution >= 0.6 is 23.0 Å². The van der Waals surface area contributed by atoms with Crippen molar-refractivity contribution in [1.82, 2.24) is 0 Å². The molecule has 0 aliphatic heterocycles. The highest BCUT2D eigenvalue weighted by Crippen LogP contribution is 2.09. The van der Waals surface area contributed by atoms with Gasteiger partial charge in [-0.2, -0.15) is 0 Å². The molecule has 1 unspecified atom stereocenters. The van der Waals surface area contributed by atoms with Gasteiger partial charge in [0.25, 0.3) is 0 Å². The van der Waals surface area contributed by atoms with Crippen LogP contribution in [0.2, 0.25) is 0 Å². The Morgan fingerprint density at radius 2 is 2.11 bits per heavy atom. The third-order valence-corrected chi connectivity index (χ3v) is 1.53. The van der Waals surface area contributed by atoms with Crippen molar-refractivity contribution in [3.05, 3.63) is 0 Å². The van der Waals surface area contributed by atoms with Gasteiger partial charge in [0.05, 0.1) is 0 Å². The Hall–Kier alpha value is 0.425. The van der Waals surface area contributed by atoms with Crippen LogP contribution in [0.5, 0.6) is 0 Å². The van der Waals surface area contributed by atoms with Gasteiger partial charge in [-0.3, -0.25) is 0 Å². The molecule has 0 heterocycles. The van der Waals surface area contributed by atoms with Crippen molar-refractivity contribution in [3.63, 3.8) is 0 Å². The fourth-order valence-electron chi connectivity index (χ4n) is 0.475. The van der Waals surface area contributed by atoms with E-state index in [0.717, 1.165) is 0 Å². The molecule has 0 amide bonds. The van der Waals surface area contributed by atoms with Crippen molar-refractivity contribution >= 4 is 36.5 Å². The molecule has 0 saturated carbocycles. The molecule has 0 aliphatic carbocycles. The molecule has 0 fully saturated rings. The highest BCUT2D eigenvalue weighted by Gasteiger charge is 2.16. The molecule has 2 nitrogen and oxygen atoms in total. The zero-order valence-electron chi connectivity index (χ0n) is 5.43. The molecule has 2 radical (unpaired) electrons. The molecule has 1 atom stereocenters. The Bertz CT molecular complexity index is 105. The van der Waals surface area contributed by atoms with E-state index >= 15 is 0 Å². The highest BCUT2D eigenvalue weighted by molar-refractivity contribution is 14.1. The first-order valence-electron chi connectivity index (χ1n) is 2.66. The average molecular weight is 238 g/mol. The van der Waals surface area contributed by atoms with E-state index in [-0.39, 0.29) is 5.92 Å². The molecule has 0 rings (SSSR count). The van der Waals surface area contributed by atoms with E-state index in [2.05, 4.69) is 0 Å². The van der Waals surface area contributed by atoms with Crippen LogP contribution in [0.4, 0.5) is 0 Å². The number of halogens is 1. The number of hydrogen-bond donors (Lipinski definition) is 0. The lowest BCUT2D eigenvalue weighted by Gasteiger charge is -2.13. The van der Waals surface area contributed by atoms with Gasteiger partial charge in [0.1, 0.15) is 34.8 Å². The lowest BCUT2D eigenvalue weighted by molar-refractivity contribution is -0.118. The molecule has 4 heteroatoms. The maximum atomic E-state index is 10.5. The fourth-order valence-corrected chi connectivity index (χ4v) is 1.31.